The van der Waals surface area contributed by atoms with Gasteiger partial charge in [-0.3, -0.25) is 4.79 Å². The fourth-order valence-corrected chi connectivity index (χ4v) is 2.38. The first kappa shape index (κ1) is 12.6. The third kappa shape index (κ3) is 3.52. The first-order valence-corrected chi connectivity index (χ1v) is 6.02. The van der Waals surface area contributed by atoms with Crippen LogP contribution in [-0.2, 0) is 0 Å². The van der Waals surface area contributed by atoms with E-state index in [1.54, 1.807) is 17.8 Å². The van der Waals surface area contributed by atoms with Crippen LogP contribution in [0.4, 0.5) is 0 Å². The van der Waals surface area contributed by atoms with Gasteiger partial charge >= 0.3 is 0 Å². The van der Waals surface area contributed by atoms with Crippen molar-refractivity contribution in [3.05, 3.63) is 28.8 Å². The lowest BCUT2D eigenvalue weighted by molar-refractivity contribution is 0.112. The first-order chi connectivity index (χ1) is 7.19. The number of halogens is 1. The van der Waals surface area contributed by atoms with Crippen LogP contribution in [0.2, 0.25) is 5.02 Å². The molecule has 1 aromatic rings. The van der Waals surface area contributed by atoms with Crippen molar-refractivity contribution in [3.8, 4) is 0 Å². The van der Waals surface area contributed by atoms with Gasteiger partial charge in [-0.15, -0.1) is 11.8 Å². The van der Waals surface area contributed by atoms with Gasteiger partial charge in [-0.2, -0.15) is 0 Å². The van der Waals surface area contributed by atoms with Crippen LogP contribution >= 0.6 is 23.4 Å². The molecule has 0 aliphatic heterocycles. The molecule has 0 amide bonds. The van der Waals surface area contributed by atoms with Gasteiger partial charge in [-0.1, -0.05) is 24.6 Å². The van der Waals surface area contributed by atoms with Gasteiger partial charge in [-0.25, -0.2) is 0 Å². The fourth-order valence-electron chi connectivity index (χ4n) is 1.04. The molecular weight excluding hydrogens is 232 g/mol. The molecule has 1 N–H and O–H groups in total. The average molecular weight is 245 g/mol. The maximum Gasteiger partial charge on any atom is 0.152 e. The number of rotatable bonds is 5. The van der Waals surface area contributed by atoms with Crippen molar-refractivity contribution >= 4 is 29.6 Å². The molecular formula is C11H13ClO2S. The smallest absolute Gasteiger partial charge is 0.152 e. The number of aliphatic hydroxyl groups excluding tert-OH is 1. The van der Waals surface area contributed by atoms with Gasteiger partial charge in [0.05, 0.1) is 5.02 Å². The zero-order valence-electron chi connectivity index (χ0n) is 8.44. The van der Waals surface area contributed by atoms with E-state index < -0.39 is 0 Å². The van der Waals surface area contributed by atoms with Gasteiger partial charge < -0.3 is 5.11 Å². The van der Waals surface area contributed by atoms with Gasteiger partial charge in [0, 0.05) is 22.8 Å². The Hall–Kier alpha value is -0.510. The summed E-state index contributed by atoms with van der Waals surface area (Å²) in [6, 6.07) is 5.39. The van der Waals surface area contributed by atoms with Gasteiger partial charge in [0.2, 0.25) is 0 Å². The van der Waals surface area contributed by atoms with Crippen molar-refractivity contribution in [3.63, 3.8) is 0 Å². The van der Waals surface area contributed by atoms with Crippen molar-refractivity contribution in [2.24, 2.45) is 5.92 Å². The van der Waals surface area contributed by atoms with Gasteiger partial charge in [0.1, 0.15) is 0 Å². The number of thioether (sulfide) groups is 1. The highest BCUT2D eigenvalue weighted by Gasteiger charge is 2.08. The standard InChI is InChI=1S/C11H13ClO2S/c1-8(5-13)7-15-11-4-2-3-10(12)9(11)6-14/h2-4,6,8,13H,5,7H2,1H3. The second-order valence-electron chi connectivity index (χ2n) is 3.37. The maximum atomic E-state index is 10.8. The lowest BCUT2D eigenvalue weighted by atomic mass is 10.2. The van der Waals surface area contributed by atoms with E-state index in [0.29, 0.717) is 10.6 Å². The Balaban J connectivity index is 2.76. The Morgan fingerprint density at radius 2 is 2.33 bits per heavy atom. The molecule has 0 heterocycles. The van der Waals surface area contributed by atoms with E-state index in [4.69, 9.17) is 16.7 Å². The van der Waals surface area contributed by atoms with Crippen LogP contribution in [-0.4, -0.2) is 23.8 Å². The molecule has 0 saturated carbocycles. The van der Waals surface area contributed by atoms with Gasteiger partial charge in [0.25, 0.3) is 0 Å². The molecule has 0 radical (unpaired) electrons. The van der Waals surface area contributed by atoms with E-state index in [1.165, 1.54) is 0 Å². The van der Waals surface area contributed by atoms with Crippen LogP contribution < -0.4 is 0 Å². The summed E-state index contributed by atoms with van der Waals surface area (Å²) in [7, 11) is 0. The monoisotopic (exact) mass is 244 g/mol. The Labute approximate surface area is 98.6 Å². The number of benzene rings is 1. The molecule has 0 aromatic heterocycles. The Bertz CT molecular complexity index is 341. The highest BCUT2D eigenvalue weighted by molar-refractivity contribution is 7.99. The molecule has 0 bridgehead atoms. The van der Waals surface area contributed by atoms with Crippen LogP contribution in [0.5, 0.6) is 0 Å². The molecule has 2 nitrogen and oxygen atoms in total. The molecule has 0 aliphatic carbocycles. The van der Waals surface area contributed by atoms with Gasteiger partial charge in [0.15, 0.2) is 6.29 Å². The zero-order valence-corrected chi connectivity index (χ0v) is 10.0. The van der Waals surface area contributed by atoms with Crippen molar-refractivity contribution in [2.75, 3.05) is 12.4 Å². The van der Waals surface area contributed by atoms with E-state index in [2.05, 4.69) is 0 Å². The van der Waals surface area contributed by atoms with Crippen LogP contribution in [0.15, 0.2) is 23.1 Å². The van der Waals surface area contributed by atoms with Crippen LogP contribution in [0.25, 0.3) is 0 Å². The third-order valence-corrected chi connectivity index (χ3v) is 3.70. The van der Waals surface area contributed by atoms with Crippen molar-refractivity contribution in [1.82, 2.24) is 0 Å². The summed E-state index contributed by atoms with van der Waals surface area (Å²) >= 11 is 7.43. The van der Waals surface area contributed by atoms with Crippen LogP contribution in [0.1, 0.15) is 17.3 Å². The highest BCUT2D eigenvalue weighted by atomic mass is 35.5. The van der Waals surface area contributed by atoms with Crippen LogP contribution in [0, 0.1) is 5.92 Å². The number of carbonyl (C=O) groups excluding carboxylic acids is 1. The van der Waals surface area contributed by atoms with E-state index in [-0.39, 0.29) is 12.5 Å². The highest BCUT2D eigenvalue weighted by Crippen LogP contribution is 2.28. The number of aliphatic hydroxyl groups is 1. The second-order valence-corrected chi connectivity index (χ2v) is 4.84. The molecule has 0 aliphatic rings. The summed E-state index contributed by atoms with van der Waals surface area (Å²) in [5, 5.41) is 9.36. The summed E-state index contributed by atoms with van der Waals surface area (Å²) in [6.07, 6.45) is 0.772. The van der Waals surface area contributed by atoms with E-state index >= 15 is 0 Å². The predicted molar refractivity (Wildman–Crippen MR) is 63.8 cm³/mol. The number of carbonyl (C=O) groups is 1. The quantitative estimate of drug-likeness (QED) is 0.639. The minimum atomic E-state index is 0.157. The summed E-state index contributed by atoms with van der Waals surface area (Å²) < 4.78 is 0. The topological polar surface area (TPSA) is 37.3 Å². The molecule has 1 unspecified atom stereocenters. The van der Waals surface area contributed by atoms with E-state index in [0.717, 1.165) is 16.9 Å². The molecule has 0 fully saturated rings. The van der Waals surface area contributed by atoms with E-state index in [1.807, 2.05) is 19.1 Å². The van der Waals surface area contributed by atoms with Crippen molar-refractivity contribution in [1.29, 1.82) is 0 Å². The fraction of sp³-hybridized carbons (Fsp3) is 0.364. The molecule has 82 valence electrons. The lowest BCUT2D eigenvalue weighted by Crippen LogP contribution is -2.03. The predicted octanol–water partition coefficient (Wildman–Crippen LogP) is 2.87. The van der Waals surface area contributed by atoms with Crippen molar-refractivity contribution < 1.29 is 9.90 Å². The van der Waals surface area contributed by atoms with E-state index in [9.17, 15) is 4.79 Å². The molecule has 0 spiro atoms. The summed E-state index contributed by atoms with van der Waals surface area (Å²) in [6.45, 7) is 2.11. The van der Waals surface area contributed by atoms with Gasteiger partial charge in [-0.05, 0) is 18.1 Å². The number of aldehydes is 1. The second kappa shape index (κ2) is 6.16. The van der Waals surface area contributed by atoms with Crippen LogP contribution in [0.3, 0.4) is 0 Å². The Morgan fingerprint density at radius 1 is 1.60 bits per heavy atom. The van der Waals surface area contributed by atoms with Crippen molar-refractivity contribution in [2.45, 2.75) is 11.8 Å². The largest absolute Gasteiger partial charge is 0.396 e. The SMILES string of the molecule is CC(CO)CSc1cccc(Cl)c1C=O. The normalized spacial score (nSPS) is 12.5. The summed E-state index contributed by atoms with van der Waals surface area (Å²) in [5.41, 5.74) is 0.536. The third-order valence-electron chi connectivity index (χ3n) is 1.97. The molecule has 1 rings (SSSR count). The molecule has 1 aromatic carbocycles. The summed E-state index contributed by atoms with van der Waals surface area (Å²) in [5.74, 6) is 0.992. The Morgan fingerprint density at radius 3 is 2.93 bits per heavy atom. The minimum absolute atomic E-state index is 0.157. The zero-order chi connectivity index (χ0) is 11.3. The number of hydrogen-bond acceptors (Lipinski definition) is 3. The summed E-state index contributed by atoms with van der Waals surface area (Å²) in [4.78, 5) is 11.7. The maximum absolute atomic E-state index is 10.8. The molecule has 0 saturated heterocycles. The minimum Gasteiger partial charge on any atom is -0.396 e. The molecule has 15 heavy (non-hydrogen) atoms. The molecule has 4 heteroatoms. The average Bonchev–Trinajstić information content (AvgIpc) is 2.25. The number of hydrogen-bond donors (Lipinski definition) is 1. The first-order valence-electron chi connectivity index (χ1n) is 4.66. The Kier molecular flexibility index (Phi) is 5.15. The lowest BCUT2D eigenvalue weighted by Gasteiger charge is -2.09. The molecule has 1 atom stereocenters.